The Morgan fingerprint density at radius 2 is 1.63 bits per heavy atom. The normalized spacial score (nSPS) is 18.7. The molecule has 1 aliphatic carbocycles. The number of fused-ring (bicyclic) bond motifs is 1. The zero-order chi connectivity index (χ0) is 13.1. The lowest BCUT2D eigenvalue weighted by atomic mass is 9.86. The second kappa shape index (κ2) is 5.40. The highest BCUT2D eigenvalue weighted by atomic mass is 16.1. The first kappa shape index (κ1) is 12.2. The van der Waals surface area contributed by atoms with E-state index < -0.39 is 0 Å². The number of Topliss-reactive ketones (excluding diaryl/α,β-unsaturated/α-hetero) is 1. The smallest absolute Gasteiger partial charge is 0.140 e. The van der Waals surface area contributed by atoms with Gasteiger partial charge in [-0.3, -0.25) is 4.79 Å². The molecule has 1 aliphatic rings. The Morgan fingerprint density at radius 1 is 0.895 bits per heavy atom. The lowest BCUT2D eigenvalue weighted by Gasteiger charge is -2.16. The molecule has 0 bridgehead atoms. The number of carbonyl (C=O) groups is 1. The Balaban J connectivity index is 1.96. The van der Waals surface area contributed by atoms with E-state index in [1.54, 1.807) is 0 Å². The minimum absolute atomic E-state index is 0.0427. The van der Waals surface area contributed by atoms with E-state index in [9.17, 15) is 4.79 Å². The summed E-state index contributed by atoms with van der Waals surface area (Å²) in [5, 5.41) is 0. The van der Waals surface area contributed by atoms with Gasteiger partial charge >= 0.3 is 0 Å². The molecule has 0 fully saturated rings. The van der Waals surface area contributed by atoms with Gasteiger partial charge in [0.2, 0.25) is 0 Å². The molecular formula is C18H18O. The van der Waals surface area contributed by atoms with Crippen molar-refractivity contribution in [1.29, 1.82) is 0 Å². The van der Waals surface area contributed by atoms with Crippen LogP contribution in [-0.2, 0) is 17.6 Å². The summed E-state index contributed by atoms with van der Waals surface area (Å²) in [6, 6.07) is 18.8. The van der Waals surface area contributed by atoms with E-state index in [1.165, 1.54) is 16.7 Å². The fourth-order valence-corrected chi connectivity index (χ4v) is 2.98. The molecule has 1 nitrogen and oxygen atoms in total. The molecule has 0 spiro atoms. The van der Waals surface area contributed by atoms with E-state index in [0.717, 1.165) is 19.3 Å². The van der Waals surface area contributed by atoms with Crippen molar-refractivity contribution < 1.29 is 4.79 Å². The standard InChI is InChI=1S/C18H18O/c19-18-12-6-10-15-9-4-5-11-16(15)17(18)13-14-7-2-1-3-8-14/h1-5,7-9,11,17H,6,10,12-13H2. The van der Waals surface area contributed by atoms with Gasteiger partial charge in [-0.25, -0.2) is 0 Å². The van der Waals surface area contributed by atoms with Crippen LogP contribution in [0, 0.1) is 0 Å². The number of ketones is 1. The molecular weight excluding hydrogens is 232 g/mol. The van der Waals surface area contributed by atoms with Crippen LogP contribution >= 0.6 is 0 Å². The molecule has 0 saturated carbocycles. The largest absolute Gasteiger partial charge is 0.299 e. The number of carbonyl (C=O) groups excluding carboxylic acids is 1. The molecule has 1 unspecified atom stereocenters. The van der Waals surface area contributed by atoms with Crippen molar-refractivity contribution in [2.75, 3.05) is 0 Å². The first-order chi connectivity index (χ1) is 9.34. The van der Waals surface area contributed by atoms with E-state index in [4.69, 9.17) is 0 Å². The van der Waals surface area contributed by atoms with Crippen molar-refractivity contribution in [1.82, 2.24) is 0 Å². The van der Waals surface area contributed by atoms with Crippen molar-refractivity contribution in [2.24, 2.45) is 0 Å². The van der Waals surface area contributed by atoms with E-state index in [1.807, 2.05) is 18.2 Å². The Bertz CT molecular complexity index is 571. The number of hydrogen-bond acceptors (Lipinski definition) is 1. The second-order valence-corrected chi connectivity index (χ2v) is 5.26. The lowest BCUT2D eigenvalue weighted by Crippen LogP contribution is -2.14. The lowest BCUT2D eigenvalue weighted by molar-refractivity contribution is -0.120. The number of aryl methyl sites for hydroxylation is 1. The first-order valence-electron chi connectivity index (χ1n) is 6.99. The molecule has 0 N–H and O–H groups in total. The summed E-state index contributed by atoms with van der Waals surface area (Å²) in [6.07, 6.45) is 3.57. The minimum atomic E-state index is 0.0427. The molecule has 2 aromatic carbocycles. The van der Waals surface area contributed by atoms with Crippen LogP contribution < -0.4 is 0 Å². The van der Waals surface area contributed by atoms with Gasteiger partial charge in [-0.15, -0.1) is 0 Å². The molecule has 0 aliphatic heterocycles. The minimum Gasteiger partial charge on any atom is -0.299 e. The third-order valence-electron chi connectivity index (χ3n) is 3.97. The Kier molecular flexibility index (Phi) is 3.45. The van der Waals surface area contributed by atoms with Gasteiger partial charge in [-0.05, 0) is 36.0 Å². The van der Waals surface area contributed by atoms with Crippen LogP contribution in [0.4, 0.5) is 0 Å². The maximum atomic E-state index is 12.4. The van der Waals surface area contributed by atoms with Crippen molar-refractivity contribution in [3.63, 3.8) is 0 Å². The second-order valence-electron chi connectivity index (χ2n) is 5.26. The van der Waals surface area contributed by atoms with Gasteiger partial charge in [-0.2, -0.15) is 0 Å². The zero-order valence-electron chi connectivity index (χ0n) is 11.0. The topological polar surface area (TPSA) is 17.1 Å². The zero-order valence-corrected chi connectivity index (χ0v) is 11.0. The highest BCUT2D eigenvalue weighted by Gasteiger charge is 2.25. The number of hydrogen-bond donors (Lipinski definition) is 0. The molecule has 0 aromatic heterocycles. The molecule has 96 valence electrons. The van der Waals surface area contributed by atoms with Crippen molar-refractivity contribution in [3.8, 4) is 0 Å². The summed E-state index contributed by atoms with van der Waals surface area (Å²) in [7, 11) is 0. The molecule has 0 heterocycles. The van der Waals surface area contributed by atoms with Gasteiger partial charge < -0.3 is 0 Å². The fourth-order valence-electron chi connectivity index (χ4n) is 2.98. The van der Waals surface area contributed by atoms with Gasteiger partial charge in [0.15, 0.2) is 0 Å². The molecule has 19 heavy (non-hydrogen) atoms. The van der Waals surface area contributed by atoms with Crippen LogP contribution in [0.3, 0.4) is 0 Å². The number of benzene rings is 2. The Hall–Kier alpha value is -1.89. The van der Waals surface area contributed by atoms with E-state index in [-0.39, 0.29) is 5.92 Å². The highest BCUT2D eigenvalue weighted by Crippen LogP contribution is 2.30. The summed E-state index contributed by atoms with van der Waals surface area (Å²) in [5.41, 5.74) is 3.85. The summed E-state index contributed by atoms with van der Waals surface area (Å²) < 4.78 is 0. The average molecular weight is 250 g/mol. The van der Waals surface area contributed by atoms with Crippen LogP contribution in [0.1, 0.15) is 35.4 Å². The summed E-state index contributed by atoms with van der Waals surface area (Å²) in [4.78, 5) is 12.4. The third kappa shape index (κ3) is 2.60. The average Bonchev–Trinajstić information content (AvgIpc) is 2.61. The predicted octanol–water partition coefficient (Wildman–Crippen LogP) is 3.92. The van der Waals surface area contributed by atoms with Crippen LogP contribution in [-0.4, -0.2) is 5.78 Å². The van der Waals surface area contributed by atoms with Crippen LogP contribution in [0.5, 0.6) is 0 Å². The summed E-state index contributed by atoms with van der Waals surface area (Å²) in [5.74, 6) is 0.440. The van der Waals surface area contributed by atoms with Gasteiger partial charge in [-0.1, -0.05) is 54.6 Å². The molecule has 1 atom stereocenters. The predicted molar refractivity (Wildman–Crippen MR) is 77.3 cm³/mol. The maximum absolute atomic E-state index is 12.4. The van der Waals surface area contributed by atoms with Gasteiger partial charge in [0, 0.05) is 12.3 Å². The maximum Gasteiger partial charge on any atom is 0.140 e. The third-order valence-corrected chi connectivity index (χ3v) is 3.97. The fraction of sp³-hybridized carbons (Fsp3) is 0.278. The summed E-state index contributed by atoms with van der Waals surface area (Å²) in [6.45, 7) is 0. The van der Waals surface area contributed by atoms with Crippen molar-refractivity contribution >= 4 is 5.78 Å². The SMILES string of the molecule is O=C1CCCc2ccccc2C1Cc1ccccc1. The van der Waals surface area contributed by atoms with Crippen molar-refractivity contribution in [3.05, 3.63) is 71.3 Å². The first-order valence-corrected chi connectivity index (χ1v) is 6.99. The van der Waals surface area contributed by atoms with Crippen molar-refractivity contribution in [2.45, 2.75) is 31.6 Å². The van der Waals surface area contributed by atoms with E-state index in [0.29, 0.717) is 12.2 Å². The molecule has 0 saturated heterocycles. The molecule has 1 heteroatoms. The van der Waals surface area contributed by atoms with Gasteiger partial charge in [0.1, 0.15) is 5.78 Å². The van der Waals surface area contributed by atoms with Crippen LogP contribution in [0.25, 0.3) is 0 Å². The monoisotopic (exact) mass is 250 g/mol. The molecule has 0 radical (unpaired) electrons. The van der Waals surface area contributed by atoms with E-state index >= 15 is 0 Å². The van der Waals surface area contributed by atoms with E-state index in [2.05, 4.69) is 36.4 Å². The van der Waals surface area contributed by atoms with Gasteiger partial charge in [0.25, 0.3) is 0 Å². The summed E-state index contributed by atoms with van der Waals surface area (Å²) >= 11 is 0. The molecule has 0 amide bonds. The molecule has 3 rings (SSSR count). The van der Waals surface area contributed by atoms with Crippen LogP contribution in [0.15, 0.2) is 54.6 Å². The number of rotatable bonds is 2. The Morgan fingerprint density at radius 3 is 2.47 bits per heavy atom. The van der Waals surface area contributed by atoms with Gasteiger partial charge in [0.05, 0.1) is 0 Å². The molecule has 2 aromatic rings. The highest BCUT2D eigenvalue weighted by molar-refractivity contribution is 5.87. The quantitative estimate of drug-likeness (QED) is 0.738. The van der Waals surface area contributed by atoms with Crippen LogP contribution in [0.2, 0.25) is 0 Å². The Labute approximate surface area is 114 Å².